The Morgan fingerprint density at radius 3 is 1.67 bits per heavy atom. The molecule has 160 valence electrons. The van der Waals surface area contributed by atoms with E-state index >= 15 is 0 Å². The van der Waals surface area contributed by atoms with Gasteiger partial charge >= 0.3 is 8.03 Å². The van der Waals surface area contributed by atoms with Gasteiger partial charge in [-0.1, -0.05) is 75.5 Å². The van der Waals surface area contributed by atoms with Crippen molar-refractivity contribution in [1.29, 1.82) is 0 Å². The van der Waals surface area contributed by atoms with Crippen LogP contribution in [0.5, 0.6) is 0 Å². The fourth-order valence-corrected chi connectivity index (χ4v) is 5.16. The Labute approximate surface area is 171 Å². The lowest BCUT2D eigenvalue weighted by Crippen LogP contribution is -2.55. The summed E-state index contributed by atoms with van der Waals surface area (Å²) < 4.78 is 12.5. The third-order valence-corrected chi connectivity index (χ3v) is 7.55. The van der Waals surface area contributed by atoms with Crippen molar-refractivity contribution in [3.8, 4) is 0 Å². The molecule has 2 unspecified atom stereocenters. The molecule has 0 spiro atoms. The van der Waals surface area contributed by atoms with E-state index in [1.54, 1.807) is 0 Å². The van der Waals surface area contributed by atoms with Gasteiger partial charge in [0.15, 0.2) is 0 Å². The quantitative estimate of drug-likeness (QED) is 0.108. The van der Waals surface area contributed by atoms with Gasteiger partial charge in [-0.15, -0.1) is 0 Å². The minimum atomic E-state index is -2.42. The number of unbranched alkanes of at least 4 members (excludes halogenated alkanes) is 10. The first-order chi connectivity index (χ1) is 12.8. The topological polar surface area (TPSA) is 40.1 Å². The molecule has 0 fully saturated rings. The summed E-state index contributed by atoms with van der Waals surface area (Å²) >= 11 is 0. The van der Waals surface area contributed by atoms with Gasteiger partial charge in [0, 0.05) is 12.8 Å². The molecular weight excluding hydrogens is 353 g/mol. The summed E-state index contributed by atoms with van der Waals surface area (Å²) in [6, 6.07) is 0. The van der Waals surface area contributed by atoms with Crippen LogP contribution in [0.25, 0.3) is 0 Å². The Balaban J connectivity index is 3.88. The molecule has 2 atom stereocenters. The average Bonchev–Trinajstić information content (AvgIpc) is 2.59. The molecule has 0 saturated carbocycles. The molecule has 0 heterocycles. The van der Waals surface area contributed by atoms with Crippen LogP contribution in [0.15, 0.2) is 12.2 Å². The standard InChI is InChI=1S/C23H47NO2P/c1-6-8-9-10-11-12-13-14-15-16-17-18-19-20-22-23(21-7-2,27(25)26)24(3,4)5/h14-15H,6-13,16-22H2,1-5H3/q+1/b15-14-. The third kappa shape index (κ3) is 11.4. The number of quaternary nitrogens is 1. The van der Waals surface area contributed by atoms with E-state index in [4.69, 9.17) is 0 Å². The Morgan fingerprint density at radius 1 is 0.741 bits per heavy atom. The molecule has 0 aliphatic heterocycles. The number of rotatable bonds is 18. The van der Waals surface area contributed by atoms with Gasteiger partial charge in [0.2, 0.25) is 0 Å². The molecular formula is C23H47NO2P+. The number of nitrogens with zero attached hydrogens (tertiary/aromatic N) is 1. The van der Waals surface area contributed by atoms with Gasteiger partial charge < -0.3 is 4.89 Å². The second-order valence-corrected chi connectivity index (χ2v) is 10.3. The smallest absolute Gasteiger partial charge is 0.376 e. The molecule has 0 radical (unpaired) electrons. The molecule has 0 rings (SSSR count). The molecule has 4 heteroatoms. The van der Waals surface area contributed by atoms with E-state index in [2.05, 4.69) is 26.0 Å². The van der Waals surface area contributed by atoms with E-state index in [-0.39, 0.29) is 0 Å². The molecule has 27 heavy (non-hydrogen) atoms. The fourth-order valence-electron chi connectivity index (χ4n) is 3.93. The molecule has 0 aromatic rings. The van der Waals surface area contributed by atoms with E-state index in [9.17, 15) is 9.46 Å². The first-order valence-corrected chi connectivity index (χ1v) is 12.6. The Kier molecular flexibility index (Phi) is 15.5. The summed E-state index contributed by atoms with van der Waals surface area (Å²) in [6.07, 6.45) is 22.3. The minimum absolute atomic E-state index is 0.515. The van der Waals surface area contributed by atoms with Crippen LogP contribution in [0.4, 0.5) is 0 Å². The van der Waals surface area contributed by atoms with E-state index in [0.717, 1.165) is 32.1 Å². The first-order valence-electron chi connectivity index (χ1n) is 11.4. The molecule has 0 N–H and O–H groups in total. The summed E-state index contributed by atoms with van der Waals surface area (Å²) in [5.74, 6) is 0. The van der Waals surface area contributed by atoms with Crippen LogP contribution in [0.1, 0.15) is 110 Å². The second kappa shape index (κ2) is 15.7. The molecule has 0 amide bonds. The van der Waals surface area contributed by atoms with Crippen molar-refractivity contribution >= 4 is 8.03 Å². The zero-order valence-corrected chi connectivity index (χ0v) is 19.9. The van der Waals surface area contributed by atoms with E-state index in [1.165, 1.54) is 64.2 Å². The zero-order valence-electron chi connectivity index (χ0n) is 19.0. The van der Waals surface area contributed by atoms with Crippen molar-refractivity contribution in [2.75, 3.05) is 21.1 Å². The van der Waals surface area contributed by atoms with Crippen molar-refractivity contribution in [2.24, 2.45) is 0 Å². The lowest BCUT2D eigenvalue weighted by Gasteiger charge is -2.39. The number of hydrogen-bond acceptors (Lipinski definition) is 2. The van der Waals surface area contributed by atoms with Crippen molar-refractivity contribution in [3.63, 3.8) is 0 Å². The molecule has 3 nitrogen and oxygen atoms in total. The van der Waals surface area contributed by atoms with Crippen LogP contribution in [0, 0.1) is 0 Å². The highest BCUT2D eigenvalue weighted by atomic mass is 31.1. The maximum Gasteiger partial charge on any atom is 0.376 e. The molecule has 0 bridgehead atoms. The predicted octanol–water partition coefficient (Wildman–Crippen LogP) is 6.94. The van der Waals surface area contributed by atoms with Gasteiger partial charge in [-0.25, -0.2) is 0 Å². The molecule has 0 aromatic carbocycles. The zero-order chi connectivity index (χ0) is 20.6. The van der Waals surface area contributed by atoms with Crippen LogP contribution < -0.4 is 4.89 Å². The van der Waals surface area contributed by atoms with Crippen LogP contribution in [0.2, 0.25) is 0 Å². The monoisotopic (exact) mass is 400 g/mol. The highest BCUT2D eigenvalue weighted by Gasteiger charge is 2.53. The number of allylic oxidation sites excluding steroid dienone is 2. The molecule has 0 aliphatic rings. The summed E-state index contributed by atoms with van der Waals surface area (Å²) in [4.78, 5) is 12.0. The average molecular weight is 401 g/mol. The maximum atomic E-state index is 12.0. The maximum absolute atomic E-state index is 12.0. The van der Waals surface area contributed by atoms with E-state index in [1.807, 2.05) is 21.1 Å². The minimum Gasteiger partial charge on any atom is -0.590 e. The lowest BCUT2D eigenvalue weighted by atomic mass is 9.99. The normalized spacial score (nSPS) is 15.3. The van der Waals surface area contributed by atoms with Gasteiger partial charge in [-0.05, 0) is 38.5 Å². The van der Waals surface area contributed by atoms with Crippen LogP contribution in [-0.2, 0) is 4.57 Å². The fraction of sp³-hybridized carbons (Fsp3) is 0.913. The van der Waals surface area contributed by atoms with Crippen LogP contribution in [0.3, 0.4) is 0 Å². The van der Waals surface area contributed by atoms with E-state index in [0.29, 0.717) is 4.48 Å². The largest absolute Gasteiger partial charge is 0.590 e. The van der Waals surface area contributed by atoms with Gasteiger partial charge in [0.05, 0.1) is 21.1 Å². The molecule has 0 aromatic heterocycles. The summed E-state index contributed by atoms with van der Waals surface area (Å²) in [7, 11) is 3.65. The van der Waals surface area contributed by atoms with Crippen LogP contribution >= 0.6 is 8.03 Å². The third-order valence-electron chi connectivity index (χ3n) is 5.83. The van der Waals surface area contributed by atoms with Crippen molar-refractivity contribution in [1.82, 2.24) is 0 Å². The molecule has 0 saturated heterocycles. The first kappa shape index (κ1) is 26.8. The Hall–Kier alpha value is -0.240. The van der Waals surface area contributed by atoms with Crippen molar-refractivity contribution in [3.05, 3.63) is 12.2 Å². The van der Waals surface area contributed by atoms with E-state index < -0.39 is 13.3 Å². The Bertz CT molecular complexity index is 404. The van der Waals surface area contributed by atoms with Gasteiger partial charge in [-0.2, -0.15) is 0 Å². The second-order valence-electron chi connectivity index (χ2n) is 8.98. The van der Waals surface area contributed by atoms with Gasteiger partial charge in [0.1, 0.15) is 0 Å². The summed E-state index contributed by atoms with van der Waals surface area (Å²) in [5, 5.41) is -0.596. The van der Waals surface area contributed by atoms with Gasteiger partial charge in [-0.3, -0.25) is 4.48 Å². The summed E-state index contributed by atoms with van der Waals surface area (Å²) in [6.45, 7) is 4.35. The van der Waals surface area contributed by atoms with Crippen molar-refractivity contribution < 1.29 is 13.9 Å². The highest BCUT2D eigenvalue weighted by molar-refractivity contribution is 7.38. The van der Waals surface area contributed by atoms with Crippen molar-refractivity contribution in [2.45, 2.75) is 115 Å². The lowest BCUT2D eigenvalue weighted by molar-refractivity contribution is -0.910. The SMILES string of the molecule is CCCCCCCC/C=C\CCCCCCC(CCC)([P+](=O)[O-])[N+](C)(C)C. The Morgan fingerprint density at radius 2 is 1.22 bits per heavy atom. The predicted molar refractivity (Wildman–Crippen MR) is 118 cm³/mol. The highest BCUT2D eigenvalue weighted by Crippen LogP contribution is 2.45. The number of hydrogen-bond donors (Lipinski definition) is 0. The van der Waals surface area contributed by atoms with Gasteiger partial charge in [0.25, 0.3) is 5.28 Å². The summed E-state index contributed by atoms with van der Waals surface area (Å²) in [5.41, 5.74) is 0. The molecule has 0 aliphatic carbocycles. The van der Waals surface area contributed by atoms with Crippen LogP contribution in [-0.4, -0.2) is 30.9 Å².